The van der Waals surface area contributed by atoms with Crippen molar-refractivity contribution in [2.75, 3.05) is 7.05 Å². The fourth-order valence-electron chi connectivity index (χ4n) is 3.23. The predicted octanol–water partition coefficient (Wildman–Crippen LogP) is 3.91. The van der Waals surface area contributed by atoms with Crippen LogP contribution in [0.2, 0.25) is 0 Å². The average molecular weight is 410 g/mol. The normalized spacial score (nSPS) is 11.7. The van der Waals surface area contributed by atoms with Crippen molar-refractivity contribution in [1.29, 1.82) is 0 Å². The van der Waals surface area contributed by atoms with Crippen LogP contribution in [0.1, 0.15) is 39.0 Å². The summed E-state index contributed by atoms with van der Waals surface area (Å²) in [5.74, 6) is -0.653. The van der Waals surface area contributed by atoms with Crippen LogP contribution in [0.25, 0.3) is 0 Å². The molecule has 0 saturated heterocycles. The van der Waals surface area contributed by atoms with E-state index >= 15 is 0 Å². The molecular weight excluding hydrogens is 387 g/mol. The largest absolute Gasteiger partial charge is 0.485 e. The summed E-state index contributed by atoms with van der Waals surface area (Å²) < 4.78 is 24.9. The maximum absolute atomic E-state index is 13.6. The van der Waals surface area contributed by atoms with E-state index in [1.807, 2.05) is 32.0 Å². The van der Waals surface area contributed by atoms with Crippen LogP contribution in [0.4, 0.5) is 4.39 Å². The van der Waals surface area contributed by atoms with Crippen molar-refractivity contribution in [3.8, 4) is 5.75 Å². The van der Waals surface area contributed by atoms with Crippen LogP contribution in [-0.4, -0.2) is 23.8 Å². The van der Waals surface area contributed by atoms with Crippen LogP contribution >= 0.6 is 0 Å². The van der Waals surface area contributed by atoms with Gasteiger partial charge in [0.1, 0.15) is 30.0 Å². The topological polar surface area (TPSA) is 85.8 Å². The molecule has 0 spiro atoms. The molecule has 0 bridgehead atoms. The van der Waals surface area contributed by atoms with Crippen molar-refractivity contribution in [3.63, 3.8) is 0 Å². The fourth-order valence-corrected chi connectivity index (χ4v) is 3.23. The first-order valence-electron chi connectivity index (χ1n) is 9.37. The predicted molar refractivity (Wildman–Crippen MR) is 109 cm³/mol. The number of nitrogens with zero attached hydrogens (tertiary/aromatic N) is 1. The van der Waals surface area contributed by atoms with Crippen LogP contribution in [0.15, 0.2) is 59.0 Å². The molecule has 2 N–H and O–H groups in total. The first-order chi connectivity index (χ1) is 14.3. The van der Waals surface area contributed by atoms with Gasteiger partial charge >= 0.3 is 0 Å². The minimum absolute atomic E-state index is 0.0272. The molecule has 0 radical (unpaired) electrons. The number of furan rings is 1. The lowest BCUT2D eigenvalue weighted by molar-refractivity contribution is -0.122. The van der Waals surface area contributed by atoms with Gasteiger partial charge in [0.25, 0.3) is 5.91 Å². The van der Waals surface area contributed by atoms with Crippen molar-refractivity contribution in [3.05, 3.63) is 88.6 Å². The molecule has 1 unspecified atom stereocenters. The molecule has 2 aromatic carbocycles. The number of ether oxygens (including phenoxy) is 1. The van der Waals surface area contributed by atoms with E-state index in [9.17, 15) is 14.0 Å². The summed E-state index contributed by atoms with van der Waals surface area (Å²) in [7, 11) is 1.41. The highest BCUT2D eigenvalue weighted by atomic mass is 19.1. The smallest absolute Gasteiger partial charge is 0.290 e. The highest BCUT2D eigenvalue weighted by molar-refractivity contribution is 5.95. The van der Waals surface area contributed by atoms with Gasteiger partial charge in [-0.3, -0.25) is 9.59 Å². The summed E-state index contributed by atoms with van der Waals surface area (Å²) in [6.45, 7) is 4.09. The number of aryl methyl sites for hydroxylation is 2. The summed E-state index contributed by atoms with van der Waals surface area (Å²) in [6, 6.07) is 13.2. The zero-order valence-electron chi connectivity index (χ0n) is 17.0. The Balaban J connectivity index is 1.73. The lowest BCUT2D eigenvalue weighted by Gasteiger charge is -2.25. The van der Waals surface area contributed by atoms with Gasteiger partial charge in [-0.2, -0.15) is 0 Å². The van der Waals surface area contributed by atoms with E-state index in [4.69, 9.17) is 14.9 Å². The van der Waals surface area contributed by atoms with Crippen molar-refractivity contribution < 1.29 is 23.1 Å². The quantitative estimate of drug-likeness (QED) is 0.640. The third kappa shape index (κ3) is 4.68. The number of halogens is 1. The summed E-state index contributed by atoms with van der Waals surface area (Å²) in [4.78, 5) is 25.9. The molecule has 30 heavy (non-hydrogen) atoms. The van der Waals surface area contributed by atoms with Gasteiger partial charge in [-0.1, -0.05) is 29.8 Å². The zero-order chi connectivity index (χ0) is 21.8. The maximum Gasteiger partial charge on any atom is 0.290 e. The standard InChI is InChI=1S/C23H23FN2O4/c1-14-7-9-19(15(2)11-14)29-13-18-8-10-20(30-18)23(28)26(3)21(22(25)27)16-5-4-6-17(24)12-16/h4-12,21H,13H2,1-3H3,(H2,25,27). The van der Waals surface area contributed by atoms with Crippen LogP contribution in [-0.2, 0) is 11.4 Å². The van der Waals surface area contributed by atoms with Gasteiger partial charge in [-0.05, 0) is 55.3 Å². The Bertz CT molecular complexity index is 1080. The number of likely N-dealkylation sites (N-methyl/N-ethyl adjacent to an activating group) is 1. The molecule has 3 aromatic rings. The first kappa shape index (κ1) is 21.1. The van der Waals surface area contributed by atoms with E-state index in [0.717, 1.165) is 21.8 Å². The number of hydrogen-bond donors (Lipinski definition) is 1. The molecule has 0 aliphatic rings. The summed E-state index contributed by atoms with van der Waals surface area (Å²) in [6.07, 6.45) is 0. The van der Waals surface area contributed by atoms with E-state index in [2.05, 4.69) is 0 Å². The third-order valence-corrected chi connectivity index (χ3v) is 4.71. The molecule has 7 heteroatoms. The van der Waals surface area contributed by atoms with E-state index in [1.54, 1.807) is 6.07 Å². The second-order valence-electron chi connectivity index (χ2n) is 7.10. The molecule has 3 rings (SSSR count). The number of amides is 2. The molecule has 1 heterocycles. The molecule has 0 aliphatic carbocycles. The molecule has 0 saturated carbocycles. The monoisotopic (exact) mass is 410 g/mol. The molecule has 2 amide bonds. The number of primary amides is 1. The van der Waals surface area contributed by atoms with Crippen LogP contribution in [0.5, 0.6) is 5.75 Å². The number of rotatable bonds is 7. The third-order valence-electron chi connectivity index (χ3n) is 4.71. The van der Waals surface area contributed by atoms with Gasteiger partial charge in [0, 0.05) is 7.05 Å². The van der Waals surface area contributed by atoms with Crippen molar-refractivity contribution in [2.45, 2.75) is 26.5 Å². The van der Waals surface area contributed by atoms with E-state index in [1.165, 1.54) is 37.4 Å². The van der Waals surface area contributed by atoms with Gasteiger partial charge < -0.3 is 19.8 Å². The summed E-state index contributed by atoms with van der Waals surface area (Å²) in [5.41, 5.74) is 7.89. The molecule has 0 fully saturated rings. The van der Waals surface area contributed by atoms with Crippen molar-refractivity contribution in [1.82, 2.24) is 4.90 Å². The van der Waals surface area contributed by atoms with Crippen molar-refractivity contribution >= 4 is 11.8 Å². The highest BCUT2D eigenvalue weighted by Gasteiger charge is 2.29. The number of carbonyl (C=O) groups is 2. The van der Waals surface area contributed by atoms with E-state index in [-0.39, 0.29) is 17.9 Å². The Morgan fingerprint density at radius 3 is 2.57 bits per heavy atom. The van der Waals surface area contributed by atoms with Gasteiger partial charge in [0.15, 0.2) is 5.76 Å². The molecular formula is C23H23FN2O4. The highest BCUT2D eigenvalue weighted by Crippen LogP contribution is 2.24. The summed E-state index contributed by atoms with van der Waals surface area (Å²) >= 11 is 0. The van der Waals surface area contributed by atoms with Gasteiger partial charge in [-0.25, -0.2) is 4.39 Å². The number of hydrogen-bond acceptors (Lipinski definition) is 4. The number of nitrogens with two attached hydrogens (primary N) is 1. The van der Waals surface area contributed by atoms with Gasteiger partial charge in [-0.15, -0.1) is 0 Å². The maximum atomic E-state index is 13.6. The first-order valence-corrected chi connectivity index (χ1v) is 9.37. The number of benzene rings is 2. The van der Waals surface area contributed by atoms with Gasteiger partial charge in [0.05, 0.1) is 0 Å². The second kappa shape index (κ2) is 8.82. The van der Waals surface area contributed by atoms with Crippen LogP contribution in [0.3, 0.4) is 0 Å². The lowest BCUT2D eigenvalue weighted by Crippen LogP contribution is -2.39. The Labute approximate surface area is 174 Å². The Hall–Kier alpha value is -3.61. The average Bonchev–Trinajstić information content (AvgIpc) is 3.15. The molecule has 1 aromatic heterocycles. The minimum Gasteiger partial charge on any atom is -0.485 e. The Morgan fingerprint density at radius 1 is 1.13 bits per heavy atom. The molecule has 0 aliphatic heterocycles. The Morgan fingerprint density at radius 2 is 1.90 bits per heavy atom. The molecule has 156 valence electrons. The van der Waals surface area contributed by atoms with Gasteiger partial charge in [0.2, 0.25) is 5.91 Å². The molecule has 1 atom stereocenters. The Kier molecular flexibility index (Phi) is 6.20. The van der Waals surface area contributed by atoms with E-state index in [0.29, 0.717) is 5.76 Å². The zero-order valence-corrected chi connectivity index (χ0v) is 17.0. The number of carbonyl (C=O) groups excluding carboxylic acids is 2. The van der Waals surface area contributed by atoms with Crippen LogP contribution < -0.4 is 10.5 Å². The molecule has 6 nitrogen and oxygen atoms in total. The summed E-state index contributed by atoms with van der Waals surface area (Å²) in [5, 5.41) is 0. The second-order valence-corrected chi connectivity index (χ2v) is 7.10. The van der Waals surface area contributed by atoms with E-state index < -0.39 is 23.7 Å². The lowest BCUT2D eigenvalue weighted by atomic mass is 10.0. The minimum atomic E-state index is -1.13. The van der Waals surface area contributed by atoms with Crippen LogP contribution in [0, 0.1) is 19.7 Å². The van der Waals surface area contributed by atoms with Crippen molar-refractivity contribution in [2.24, 2.45) is 5.73 Å². The SMILES string of the molecule is Cc1ccc(OCc2ccc(C(=O)N(C)C(C(N)=O)c3cccc(F)c3)o2)c(C)c1. The fraction of sp³-hybridized carbons (Fsp3) is 0.217.